The molecular formula is C9H18N4O2. The van der Waals surface area contributed by atoms with Crippen molar-refractivity contribution in [3.05, 3.63) is 6.20 Å². The van der Waals surface area contributed by atoms with Gasteiger partial charge in [0, 0.05) is 13.1 Å². The van der Waals surface area contributed by atoms with Gasteiger partial charge in [0.2, 0.25) is 0 Å². The minimum Gasteiger partial charge on any atom is -0.394 e. The summed E-state index contributed by atoms with van der Waals surface area (Å²) in [4.78, 5) is 0. The smallest absolute Gasteiger partial charge is 0.147 e. The van der Waals surface area contributed by atoms with Gasteiger partial charge in [-0.2, -0.15) is 5.10 Å². The first-order chi connectivity index (χ1) is 7.06. The lowest BCUT2D eigenvalue weighted by Gasteiger charge is -2.16. The molecule has 0 saturated heterocycles. The third-order valence-electron chi connectivity index (χ3n) is 2.20. The van der Waals surface area contributed by atoms with Gasteiger partial charge in [0.25, 0.3) is 0 Å². The fourth-order valence-electron chi connectivity index (χ4n) is 1.20. The van der Waals surface area contributed by atoms with E-state index in [9.17, 15) is 5.11 Å². The van der Waals surface area contributed by atoms with Gasteiger partial charge in [0.05, 0.1) is 24.1 Å². The Bertz CT molecular complexity index is 311. The largest absolute Gasteiger partial charge is 0.394 e. The molecule has 6 nitrogen and oxygen atoms in total. The molecule has 0 aliphatic carbocycles. The predicted molar refractivity (Wildman–Crippen MR) is 58.5 cm³/mol. The Morgan fingerprint density at radius 3 is 2.80 bits per heavy atom. The van der Waals surface area contributed by atoms with E-state index in [-0.39, 0.29) is 6.54 Å². The molecule has 1 aromatic rings. The van der Waals surface area contributed by atoms with Crippen LogP contribution in [-0.4, -0.2) is 38.7 Å². The number of hydrogen-bond acceptors (Lipinski definition) is 5. The van der Waals surface area contributed by atoms with Crippen molar-refractivity contribution < 1.29 is 10.2 Å². The zero-order valence-electron chi connectivity index (χ0n) is 9.01. The zero-order chi connectivity index (χ0) is 11.4. The lowest BCUT2D eigenvalue weighted by molar-refractivity contribution is 0.0399. The van der Waals surface area contributed by atoms with E-state index in [1.807, 2.05) is 6.92 Å². The van der Waals surface area contributed by atoms with Crippen molar-refractivity contribution in [3.8, 4) is 0 Å². The van der Waals surface area contributed by atoms with Crippen molar-refractivity contribution in [1.29, 1.82) is 0 Å². The molecule has 2 atom stereocenters. The summed E-state index contributed by atoms with van der Waals surface area (Å²) in [5, 5.41) is 25.5. The van der Waals surface area contributed by atoms with E-state index >= 15 is 0 Å². The van der Waals surface area contributed by atoms with Crippen LogP contribution < -0.4 is 11.1 Å². The van der Waals surface area contributed by atoms with Crippen molar-refractivity contribution in [2.75, 3.05) is 17.6 Å². The first-order valence-corrected chi connectivity index (χ1v) is 4.97. The Labute approximate surface area is 88.7 Å². The molecular weight excluding hydrogens is 196 g/mol. The van der Waals surface area contributed by atoms with Crippen molar-refractivity contribution in [2.45, 2.75) is 32.6 Å². The van der Waals surface area contributed by atoms with Crippen LogP contribution in [0.5, 0.6) is 0 Å². The Hall–Kier alpha value is -1.27. The number of aromatic nitrogens is 2. The molecule has 0 fully saturated rings. The van der Waals surface area contributed by atoms with E-state index in [2.05, 4.69) is 10.4 Å². The van der Waals surface area contributed by atoms with Gasteiger partial charge in [0.15, 0.2) is 0 Å². The second-order valence-electron chi connectivity index (χ2n) is 3.45. The quantitative estimate of drug-likeness (QED) is 0.536. The maximum atomic E-state index is 9.40. The van der Waals surface area contributed by atoms with Gasteiger partial charge in [-0.25, -0.2) is 4.68 Å². The maximum Gasteiger partial charge on any atom is 0.147 e. The summed E-state index contributed by atoms with van der Waals surface area (Å²) >= 11 is 0. The molecule has 0 aliphatic heterocycles. The topological polar surface area (TPSA) is 96.3 Å². The van der Waals surface area contributed by atoms with Crippen LogP contribution >= 0.6 is 0 Å². The van der Waals surface area contributed by atoms with Crippen molar-refractivity contribution >= 4 is 11.5 Å². The molecule has 0 radical (unpaired) electrons. The number of rotatable bonds is 5. The van der Waals surface area contributed by atoms with Crippen LogP contribution in [0.1, 0.15) is 13.8 Å². The summed E-state index contributed by atoms with van der Waals surface area (Å²) < 4.78 is 1.70. The second-order valence-corrected chi connectivity index (χ2v) is 3.45. The summed E-state index contributed by atoms with van der Waals surface area (Å²) in [5.41, 5.74) is 6.23. The SMILES string of the molecule is CCn1ncc(N)c1NCC(O)C(C)O. The van der Waals surface area contributed by atoms with Crippen LogP contribution in [-0.2, 0) is 6.54 Å². The number of hydrogen-bond donors (Lipinski definition) is 4. The molecule has 0 bridgehead atoms. The number of nitrogens with two attached hydrogens (primary N) is 1. The van der Waals surface area contributed by atoms with E-state index in [1.54, 1.807) is 10.9 Å². The summed E-state index contributed by atoms with van der Waals surface area (Å²) in [6.07, 6.45) is -0.0260. The minimum absolute atomic E-state index is 0.244. The normalized spacial score (nSPS) is 14.9. The number of nitrogens with one attached hydrogen (secondary N) is 1. The molecule has 0 spiro atoms. The zero-order valence-corrected chi connectivity index (χ0v) is 9.01. The number of nitrogens with zero attached hydrogens (tertiary/aromatic N) is 2. The molecule has 6 heteroatoms. The molecule has 0 amide bonds. The molecule has 5 N–H and O–H groups in total. The van der Waals surface area contributed by atoms with E-state index in [1.165, 1.54) is 6.92 Å². The Morgan fingerprint density at radius 1 is 1.60 bits per heavy atom. The van der Waals surface area contributed by atoms with E-state index in [0.717, 1.165) is 0 Å². The van der Waals surface area contributed by atoms with Crippen LogP contribution in [0.15, 0.2) is 6.20 Å². The van der Waals surface area contributed by atoms with Gasteiger partial charge in [-0.1, -0.05) is 0 Å². The molecule has 86 valence electrons. The molecule has 0 saturated carbocycles. The molecule has 2 unspecified atom stereocenters. The number of aliphatic hydroxyl groups excluding tert-OH is 2. The molecule has 1 rings (SSSR count). The lowest BCUT2D eigenvalue weighted by Crippen LogP contribution is -2.31. The monoisotopic (exact) mass is 214 g/mol. The average molecular weight is 214 g/mol. The van der Waals surface area contributed by atoms with Crippen LogP contribution in [0, 0.1) is 0 Å². The van der Waals surface area contributed by atoms with E-state index in [4.69, 9.17) is 10.8 Å². The van der Waals surface area contributed by atoms with Crippen molar-refractivity contribution in [2.24, 2.45) is 0 Å². The fourth-order valence-corrected chi connectivity index (χ4v) is 1.20. The fraction of sp³-hybridized carbons (Fsp3) is 0.667. The average Bonchev–Trinajstić information content (AvgIpc) is 2.55. The summed E-state index contributed by atoms with van der Waals surface area (Å²) in [6.45, 7) is 4.42. The van der Waals surface area contributed by atoms with Crippen LogP contribution in [0.2, 0.25) is 0 Å². The minimum atomic E-state index is -0.815. The van der Waals surface area contributed by atoms with Gasteiger partial charge in [-0.05, 0) is 13.8 Å². The molecule has 1 heterocycles. The molecule has 1 aromatic heterocycles. The summed E-state index contributed by atoms with van der Waals surface area (Å²) in [5.74, 6) is 0.678. The van der Waals surface area contributed by atoms with Gasteiger partial charge < -0.3 is 21.3 Å². The number of anilines is 2. The molecule has 0 aromatic carbocycles. The summed E-state index contributed by atoms with van der Waals surface area (Å²) in [6, 6.07) is 0. The lowest BCUT2D eigenvalue weighted by atomic mass is 10.2. The molecule has 15 heavy (non-hydrogen) atoms. The number of aliphatic hydroxyl groups is 2. The Morgan fingerprint density at radius 2 is 2.27 bits per heavy atom. The van der Waals surface area contributed by atoms with Crippen molar-refractivity contribution in [3.63, 3.8) is 0 Å². The highest BCUT2D eigenvalue weighted by molar-refractivity contribution is 5.60. The van der Waals surface area contributed by atoms with E-state index in [0.29, 0.717) is 18.1 Å². The van der Waals surface area contributed by atoms with E-state index < -0.39 is 12.2 Å². The Kier molecular flexibility index (Phi) is 3.93. The Balaban J connectivity index is 2.60. The van der Waals surface area contributed by atoms with Gasteiger partial charge >= 0.3 is 0 Å². The van der Waals surface area contributed by atoms with Gasteiger partial charge in [0.1, 0.15) is 5.82 Å². The predicted octanol–water partition coefficient (Wildman–Crippen LogP) is -0.361. The standard InChI is InChI=1S/C9H18N4O2/c1-3-13-9(7(10)4-12-13)11-5-8(15)6(2)14/h4,6,8,11,14-15H,3,5,10H2,1-2H3. The highest BCUT2D eigenvalue weighted by atomic mass is 16.3. The molecule has 0 aliphatic rings. The third kappa shape index (κ3) is 2.84. The maximum absolute atomic E-state index is 9.40. The van der Waals surface area contributed by atoms with Crippen LogP contribution in [0.3, 0.4) is 0 Å². The highest BCUT2D eigenvalue weighted by Crippen LogP contribution is 2.17. The van der Waals surface area contributed by atoms with Crippen LogP contribution in [0.4, 0.5) is 11.5 Å². The number of aryl methyl sites for hydroxylation is 1. The first kappa shape index (κ1) is 11.8. The third-order valence-corrected chi connectivity index (χ3v) is 2.20. The van der Waals surface area contributed by atoms with Crippen molar-refractivity contribution in [1.82, 2.24) is 9.78 Å². The number of nitrogen functional groups attached to an aromatic ring is 1. The van der Waals surface area contributed by atoms with Gasteiger partial charge in [-0.15, -0.1) is 0 Å². The second kappa shape index (κ2) is 4.99. The van der Waals surface area contributed by atoms with Gasteiger partial charge in [-0.3, -0.25) is 0 Å². The highest BCUT2D eigenvalue weighted by Gasteiger charge is 2.13. The first-order valence-electron chi connectivity index (χ1n) is 4.97. The van der Waals surface area contributed by atoms with Crippen LogP contribution in [0.25, 0.3) is 0 Å². The summed E-state index contributed by atoms with van der Waals surface area (Å²) in [7, 11) is 0.